The third-order valence-electron chi connectivity index (χ3n) is 6.39. The minimum absolute atomic E-state index is 0.146. The number of aryl methyl sites for hydroxylation is 1. The zero-order chi connectivity index (χ0) is 26.6. The van der Waals surface area contributed by atoms with Gasteiger partial charge in [0.05, 0.1) is 36.7 Å². The lowest BCUT2D eigenvalue weighted by atomic mass is 10.1. The van der Waals surface area contributed by atoms with Crippen LogP contribution in [0.5, 0.6) is 5.75 Å². The number of hydrogen-bond acceptors (Lipinski definition) is 4. The van der Waals surface area contributed by atoms with Crippen molar-refractivity contribution in [2.24, 2.45) is 0 Å². The van der Waals surface area contributed by atoms with Gasteiger partial charge in [-0.05, 0) is 72.1 Å². The second-order valence-corrected chi connectivity index (χ2v) is 9.14. The van der Waals surface area contributed by atoms with Crippen LogP contribution in [0.15, 0.2) is 107 Å². The maximum atomic E-state index is 13.7. The number of carbonyl (C=O) groups excluding carboxylic acids is 1. The summed E-state index contributed by atoms with van der Waals surface area (Å²) >= 11 is 0. The quantitative estimate of drug-likeness (QED) is 0.348. The van der Waals surface area contributed by atoms with Crippen LogP contribution < -0.4 is 21.3 Å². The third-order valence-corrected chi connectivity index (χ3v) is 6.39. The van der Waals surface area contributed by atoms with Gasteiger partial charge >= 0.3 is 5.69 Å². The van der Waals surface area contributed by atoms with Crippen LogP contribution in [0.25, 0.3) is 16.6 Å². The Hall–Kier alpha value is -4.91. The van der Waals surface area contributed by atoms with Crippen molar-refractivity contribution in [1.82, 2.24) is 9.13 Å². The molecule has 0 saturated heterocycles. The van der Waals surface area contributed by atoms with E-state index in [4.69, 9.17) is 4.74 Å². The van der Waals surface area contributed by atoms with Crippen molar-refractivity contribution in [3.05, 3.63) is 135 Å². The topological polar surface area (TPSA) is 82.3 Å². The Kier molecular flexibility index (Phi) is 6.91. The van der Waals surface area contributed by atoms with Gasteiger partial charge in [0, 0.05) is 5.69 Å². The van der Waals surface area contributed by atoms with Crippen molar-refractivity contribution in [2.45, 2.75) is 19.9 Å². The summed E-state index contributed by atoms with van der Waals surface area (Å²) in [7, 11) is 1.59. The zero-order valence-electron chi connectivity index (χ0n) is 21.2. The highest BCUT2D eigenvalue weighted by molar-refractivity contribution is 5.92. The van der Waals surface area contributed by atoms with Gasteiger partial charge in [0.1, 0.15) is 5.75 Å². The number of nitrogens with one attached hydrogen (secondary N) is 1. The van der Waals surface area contributed by atoms with Crippen LogP contribution in [0.3, 0.4) is 0 Å². The SMILES string of the molecule is COc1cccc(Cn2c(=O)n(-c3ccc(CC(=O)Nc4cccc(C)c4)cc3)c(=O)c3ccccc32)c1. The van der Waals surface area contributed by atoms with Gasteiger partial charge < -0.3 is 10.1 Å². The zero-order valence-corrected chi connectivity index (χ0v) is 21.2. The number of anilines is 1. The molecular formula is C31H27N3O4. The van der Waals surface area contributed by atoms with Gasteiger partial charge in [-0.15, -0.1) is 0 Å². The Morgan fingerprint density at radius 3 is 2.37 bits per heavy atom. The van der Waals surface area contributed by atoms with Crippen molar-refractivity contribution >= 4 is 22.5 Å². The Balaban J connectivity index is 1.48. The van der Waals surface area contributed by atoms with Crippen LogP contribution in [0, 0.1) is 6.92 Å². The fourth-order valence-corrected chi connectivity index (χ4v) is 4.53. The van der Waals surface area contributed by atoms with Crippen LogP contribution in [0.4, 0.5) is 5.69 Å². The number of methoxy groups -OCH3 is 1. The van der Waals surface area contributed by atoms with Crippen LogP contribution in [0.1, 0.15) is 16.7 Å². The van der Waals surface area contributed by atoms with E-state index in [0.29, 0.717) is 22.3 Å². The predicted molar refractivity (Wildman–Crippen MR) is 149 cm³/mol. The summed E-state index contributed by atoms with van der Waals surface area (Å²) in [6.45, 7) is 2.24. The Morgan fingerprint density at radius 2 is 1.61 bits per heavy atom. The van der Waals surface area contributed by atoms with Crippen LogP contribution >= 0.6 is 0 Å². The van der Waals surface area contributed by atoms with Gasteiger partial charge in [0.2, 0.25) is 5.91 Å². The summed E-state index contributed by atoms with van der Waals surface area (Å²) in [6, 6.07) is 29.1. The molecule has 4 aromatic carbocycles. The Morgan fingerprint density at radius 1 is 0.842 bits per heavy atom. The molecule has 0 aliphatic carbocycles. The van der Waals surface area contributed by atoms with Gasteiger partial charge in [-0.3, -0.25) is 14.2 Å². The highest BCUT2D eigenvalue weighted by Gasteiger charge is 2.15. The molecule has 0 radical (unpaired) electrons. The lowest BCUT2D eigenvalue weighted by Crippen LogP contribution is -2.39. The van der Waals surface area contributed by atoms with Gasteiger partial charge in [0.25, 0.3) is 5.56 Å². The summed E-state index contributed by atoms with van der Waals surface area (Å²) in [5.41, 5.74) is 3.61. The molecule has 0 spiro atoms. The number of nitrogens with zero attached hydrogens (tertiary/aromatic N) is 2. The summed E-state index contributed by atoms with van der Waals surface area (Å²) in [5, 5.41) is 3.34. The number of amides is 1. The van der Waals surface area contributed by atoms with Crippen molar-refractivity contribution < 1.29 is 9.53 Å². The van der Waals surface area contributed by atoms with Crippen molar-refractivity contribution in [1.29, 1.82) is 0 Å². The number of hydrogen-bond donors (Lipinski definition) is 1. The van der Waals surface area contributed by atoms with Gasteiger partial charge in [-0.2, -0.15) is 0 Å². The number of rotatable bonds is 7. The molecule has 0 saturated carbocycles. The summed E-state index contributed by atoms with van der Waals surface area (Å²) in [6.07, 6.45) is 0.168. The van der Waals surface area contributed by atoms with Gasteiger partial charge in [0.15, 0.2) is 0 Å². The minimum Gasteiger partial charge on any atom is -0.497 e. The molecule has 0 fully saturated rings. The molecule has 0 atom stereocenters. The van der Waals surface area contributed by atoms with Crippen LogP contribution in [0.2, 0.25) is 0 Å². The summed E-state index contributed by atoms with van der Waals surface area (Å²) in [5.74, 6) is 0.544. The maximum absolute atomic E-state index is 13.7. The van der Waals surface area contributed by atoms with Crippen molar-refractivity contribution in [3.8, 4) is 11.4 Å². The molecule has 0 aliphatic heterocycles. The molecule has 1 N–H and O–H groups in total. The third kappa shape index (κ3) is 5.13. The number of aromatic nitrogens is 2. The van der Waals surface area contributed by atoms with E-state index in [1.807, 2.05) is 61.5 Å². The number of fused-ring (bicyclic) bond motifs is 1. The highest BCUT2D eigenvalue weighted by Crippen LogP contribution is 2.17. The molecule has 7 heteroatoms. The molecule has 0 aliphatic rings. The second-order valence-electron chi connectivity index (χ2n) is 9.14. The first-order chi connectivity index (χ1) is 18.4. The first-order valence-electron chi connectivity index (χ1n) is 12.3. The molecule has 0 unspecified atom stereocenters. The van der Waals surface area contributed by atoms with Crippen LogP contribution in [-0.2, 0) is 17.8 Å². The van der Waals surface area contributed by atoms with Crippen molar-refractivity contribution in [2.75, 3.05) is 12.4 Å². The van der Waals surface area contributed by atoms with Gasteiger partial charge in [-0.1, -0.05) is 48.5 Å². The van der Waals surface area contributed by atoms with E-state index in [9.17, 15) is 14.4 Å². The normalized spacial score (nSPS) is 10.9. The van der Waals surface area contributed by atoms with Crippen molar-refractivity contribution in [3.63, 3.8) is 0 Å². The minimum atomic E-state index is -0.443. The first-order valence-corrected chi connectivity index (χ1v) is 12.3. The summed E-state index contributed by atoms with van der Waals surface area (Å²) in [4.78, 5) is 39.6. The van der Waals surface area contributed by atoms with E-state index in [2.05, 4.69) is 5.32 Å². The average molecular weight is 506 g/mol. The largest absolute Gasteiger partial charge is 0.497 e. The molecular weight excluding hydrogens is 478 g/mol. The Labute approximate surface area is 219 Å². The number of benzene rings is 4. The average Bonchev–Trinajstić information content (AvgIpc) is 2.92. The molecule has 7 nitrogen and oxygen atoms in total. The smallest absolute Gasteiger partial charge is 0.336 e. The molecule has 1 aromatic heterocycles. The van der Waals surface area contributed by atoms with E-state index in [-0.39, 0.29) is 18.9 Å². The molecule has 5 aromatic rings. The molecule has 1 heterocycles. The molecule has 1 amide bonds. The standard InChI is InChI=1S/C31H27N3O4/c1-21-7-5-9-24(17-21)32-29(35)19-22-13-15-25(16-14-22)34-30(36)27-11-3-4-12-28(27)33(31(34)37)20-23-8-6-10-26(18-23)38-2/h3-18H,19-20H2,1-2H3,(H,32,35). The van der Waals surface area contributed by atoms with E-state index in [1.54, 1.807) is 54.1 Å². The molecule has 5 rings (SSSR count). The molecule has 0 bridgehead atoms. The lowest BCUT2D eigenvalue weighted by Gasteiger charge is -2.15. The second kappa shape index (κ2) is 10.6. The van der Waals surface area contributed by atoms with Gasteiger partial charge in [-0.25, -0.2) is 9.36 Å². The fourth-order valence-electron chi connectivity index (χ4n) is 4.53. The molecule has 38 heavy (non-hydrogen) atoms. The number of para-hydroxylation sites is 1. The first kappa shape index (κ1) is 24.8. The van der Waals surface area contributed by atoms with E-state index in [0.717, 1.165) is 22.4 Å². The maximum Gasteiger partial charge on any atom is 0.336 e. The van der Waals surface area contributed by atoms with Crippen LogP contribution in [-0.4, -0.2) is 22.2 Å². The van der Waals surface area contributed by atoms with E-state index in [1.165, 1.54) is 4.57 Å². The predicted octanol–water partition coefficient (Wildman–Crippen LogP) is 4.70. The Bertz CT molecular complexity index is 1750. The monoisotopic (exact) mass is 505 g/mol. The number of ether oxygens (including phenoxy) is 1. The van der Waals surface area contributed by atoms with E-state index < -0.39 is 11.2 Å². The molecule has 190 valence electrons. The lowest BCUT2D eigenvalue weighted by molar-refractivity contribution is -0.115. The highest BCUT2D eigenvalue weighted by atomic mass is 16.5. The number of carbonyl (C=O) groups is 1. The van der Waals surface area contributed by atoms with E-state index >= 15 is 0 Å². The fraction of sp³-hybridized carbons (Fsp3) is 0.129. The summed E-state index contributed by atoms with van der Waals surface area (Å²) < 4.78 is 8.10.